The summed E-state index contributed by atoms with van der Waals surface area (Å²) in [6, 6.07) is 8.48. The highest BCUT2D eigenvalue weighted by Crippen LogP contribution is 2.56. The number of carbonyl (C=O) groups is 2. The highest BCUT2D eigenvalue weighted by atomic mass is 16.2. The number of ketones is 1. The number of aromatic nitrogens is 2. The smallest absolute Gasteiger partial charge is 0.226 e. The fourth-order valence-electron chi connectivity index (χ4n) is 6.95. The summed E-state index contributed by atoms with van der Waals surface area (Å²) in [6.45, 7) is 0.558. The maximum Gasteiger partial charge on any atom is 0.226 e. The Morgan fingerprint density at radius 3 is 2.66 bits per heavy atom. The number of fused-ring (bicyclic) bond motifs is 7. The van der Waals surface area contributed by atoms with Crippen LogP contribution in [0.15, 0.2) is 60.6 Å². The van der Waals surface area contributed by atoms with E-state index in [2.05, 4.69) is 39.1 Å². The van der Waals surface area contributed by atoms with Gasteiger partial charge in [0.25, 0.3) is 0 Å². The van der Waals surface area contributed by atoms with Gasteiger partial charge in [0.15, 0.2) is 0 Å². The summed E-state index contributed by atoms with van der Waals surface area (Å²) in [6.07, 6.45) is 17.2. The van der Waals surface area contributed by atoms with E-state index >= 15 is 0 Å². The number of benzene rings is 1. The van der Waals surface area contributed by atoms with E-state index in [1.807, 2.05) is 30.7 Å². The summed E-state index contributed by atoms with van der Waals surface area (Å²) in [5, 5.41) is 3.21. The van der Waals surface area contributed by atoms with Crippen LogP contribution in [-0.4, -0.2) is 33.8 Å². The summed E-state index contributed by atoms with van der Waals surface area (Å²) >= 11 is 0. The molecule has 6 heteroatoms. The first kappa shape index (κ1) is 22.5. The molecule has 2 unspecified atom stereocenters. The first-order valence-corrected chi connectivity index (χ1v) is 13.1. The van der Waals surface area contributed by atoms with Gasteiger partial charge in [-0.15, -0.1) is 0 Å². The molecule has 2 aromatic rings. The molecule has 3 fully saturated rings. The number of nitrogens with one attached hydrogen (secondary N) is 1. The van der Waals surface area contributed by atoms with Crippen LogP contribution in [0.5, 0.6) is 0 Å². The Bertz CT molecular complexity index is 1210. The van der Waals surface area contributed by atoms with Crippen LogP contribution < -0.4 is 11.1 Å². The molecule has 0 radical (unpaired) electrons. The van der Waals surface area contributed by atoms with E-state index in [1.54, 1.807) is 0 Å². The minimum atomic E-state index is -0.326. The van der Waals surface area contributed by atoms with E-state index in [9.17, 15) is 9.59 Å². The van der Waals surface area contributed by atoms with E-state index in [1.165, 1.54) is 11.1 Å². The molecule has 5 aliphatic rings. The standard InChI is InChI=1S/C29H34N4O2/c30-21-8-6-20(7-9-21)17-32-27(35)29-11-3-10-28(12-14-29,13-15-29)26(34)16-24-22-4-1-2-5-23(22)25-18-31-19-33(24)25/h1-2,4-8,18-19,21,24H,3,9-17,30H2,(H,32,35). The lowest BCUT2D eigenvalue weighted by Gasteiger charge is -2.41. The number of nitrogens with two attached hydrogens (primary N) is 1. The molecule has 0 spiro atoms. The molecular weight excluding hydrogens is 436 g/mol. The predicted molar refractivity (Wildman–Crippen MR) is 135 cm³/mol. The van der Waals surface area contributed by atoms with Crippen molar-refractivity contribution in [2.24, 2.45) is 16.6 Å². The van der Waals surface area contributed by atoms with Gasteiger partial charge in [0, 0.05) is 35.4 Å². The van der Waals surface area contributed by atoms with E-state index < -0.39 is 0 Å². The van der Waals surface area contributed by atoms with E-state index in [4.69, 9.17) is 5.73 Å². The maximum absolute atomic E-state index is 13.9. The van der Waals surface area contributed by atoms with Crippen molar-refractivity contribution in [1.29, 1.82) is 0 Å². The average molecular weight is 471 g/mol. The third kappa shape index (κ3) is 3.79. The molecule has 4 aliphatic carbocycles. The maximum atomic E-state index is 13.9. The van der Waals surface area contributed by atoms with Crippen molar-refractivity contribution < 1.29 is 9.59 Å². The van der Waals surface area contributed by atoms with Crippen LogP contribution in [0.1, 0.15) is 69.4 Å². The highest BCUT2D eigenvalue weighted by Gasteiger charge is 2.52. The molecular formula is C29H34N4O2. The van der Waals surface area contributed by atoms with E-state index in [0.717, 1.165) is 62.6 Å². The summed E-state index contributed by atoms with van der Waals surface area (Å²) in [7, 11) is 0. The second kappa shape index (κ2) is 8.59. The van der Waals surface area contributed by atoms with Gasteiger partial charge in [-0.1, -0.05) is 48.9 Å². The van der Waals surface area contributed by atoms with Gasteiger partial charge in [-0.2, -0.15) is 0 Å². The van der Waals surface area contributed by atoms with E-state index in [0.29, 0.717) is 18.7 Å². The monoisotopic (exact) mass is 470 g/mol. The molecule has 0 saturated heterocycles. The van der Waals surface area contributed by atoms with Crippen molar-refractivity contribution in [2.75, 3.05) is 6.54 Å². The Kier molecular flexibility index (Phi) is 5.52. The Morgan fingerprint density at radius 1 is 1.09 bits per heavy atom. The number of nitrogens with zero attached hydrogens (tertiary/aromatic N) is 2. The fourth-order valence-corrected chi connectivity index (χ4v) is 6.95. The van der Waals surface area contributed by atoms with Gasteiger partial charge in [0.2, 0.25) is 5.91 Å². The lowest BCUT2D eigenvalue weighted by Crippen LogP contribution is -2.45. The fraction of sp³-hybridized carbons (Fsp3) is 0.483. The zero-order valence-corrected chi connectivity index (χ0v) is 20.2. The Hall–Kier alpha value is -2.99. The molecule has 1 aromatic heterocycles. The first-order valence-electron chi connectivity index (χ1n) is 13.1. The summed E-state index contributed by atoms with van der Waals surface area (Å²) in [5.74, 6) is 0.529. The van der Waals surface area contributed by atoms with Crippen molar-refractivity contribution in [1.82, 2.24) is 14.9 Å². The lowest BCUT2D eigenvalue weighted by atomic mass is 9.62. The second-order valence-corrected chi connectivity index (χ2v) is 11.1. The minimum absolute atomic E-state index is 0.0220. The summed E-state index contributed by atoms with van der Waals surface area (Å²) < 4.78 is 2.16. The number of imidazole rings is 1. The van der Waals surface area contributed by atoms with Crippen LogP contribution in [0.4, 0.5) is 0 Å². The highest BCUT2D eigenvalue weighted by molar-refractivity contribution is 5.88. The van der Waals surface area contributed by atoms with Crippen molar-refractivity contribution >= 4 is 11.7 Å². The SMILES string of the molecule is NC1C=CC(CNC(=O)C23CCCC(C(=O)CC4c5ccccc5-c5cncn54)(CC2)CC3)=CC1. The van der Waals surface area contributed by atoms with Crippen LogP contribution in [0.25, 0.3) is 11.3 Å². The number of hydrogen-bond acceptors (Lipinski definition) is 4. The molecule has 35 heavy (non-hydrogen) atoms. The van der Waals surface area contributed by atoms with Gasteiger partial charge in [-0.05, 0) is 56.1 Å². The van der Waals surface area contributed by atoms with Gasteiger partial charge in [0.1, 0.15) is 5.78 Å². The molecule has 3 saturated carbocycles. The molecule has 7 rings (SSSR count). The van der Waals surface area contributed by atoms with Gasteiger partial charge >= 0.3 is 0 Å². The van der Waals surface area contributed by atoms with Crippen molar-refractivity contribution in [3.05, 3.63) is 66.2 Å². The lowest BCUT2D eigenvalue weighted by molar-refractivity contribution is -0.138. The van der Waals surface area contributed by atoms with Gasteiger partial charge < -0.3 is 15.6 Å². The Morgan fingerprint density at radius 2 is 1.86 bits per heavy atom. The minimum Gasteiger partial charge on any atom is -0.352 e. The third-order valence-electron chi connectivity index (χ3n) is 9.19. The van der Waals surface area contributed by atoms with E-state index in [-0.39, 0.29) is 28.8 Å². The van der Waals surface area contributed by atoms with Crippen LogP contribution in [-0.2, 0) is 9.59 Å². The largest absolute Gasteiger partial charge is 0.352 e. The molecule has 1 aromatic carbocycles. The number of Topliss-reactive ketones (excluding diaryl/α,β-unsaturated/α-hetero) is 1. The predicted octanol–water partition coefficient (Wildman–Crippen LogP) is 4.47. The summed E-state index contributed by atoms with van der Waals surface area (Å²) in [5.41, 5.74) is 9.93. The first-order chi connectivity index (χ1) is 17.0. The van der Waals surface area contributed by atoms with Gasteiger partial charge in [-0.25, -0.2) is 4.98 Å². The Balaban J connectivity index is 1.14. The molecule has 2 bridgehead atoms. The molecule has 3 N–H and O–H groups in total. The molecule has 1 aliphatic heterocycles. The van der Waals surface area contributed by atoms with Crippen molar-refractivity contribution in [3.8, 4) is 11.3 Å². The molecule has 2 heterocycles. The van der Waals surface area contributed by atoms with Crippen LogP contribution in [0.2, 0.25) is 0 Å². The van der Waals surface area contributed by atoms with Crippen LogP contribution >= 0.6 is 0 Å². The number of carbonyl (C=O) groups excluding carboxylic acids is 2. The number of amides is 1. The molecule has 2 atom stereocenters. The zero-order valence-electron chi connectivity index (χ0n) is 20.2. The quantitative estimate of drug-likeness (QED) is 0.652. The zero-order chi connectivity index (χ0) is 24.0. The summed E-state index contributed by atoms with van der Waals surface area (Å²) in [4.78, 5) is 31.6. The molecule has 1 amide bonds. The van der Waals surface area contributed by atoms with Crippen LogP contribution in [0, 0.1) is 10.8 Å². The van der Waals surface area contributed by atoms with Gasteiger partial charge in [-0.3, -0.25) is 9.59 Å². The third-order valence-corrected chi connectivity index (χ3v) is 9.19. The second-order valence-electron chi connectivity index (χ2n) is 11.1. The molecule has 6 nitrogen and oxygen atoms in total. The normalized spacial score (nSPS) is 30.8. The van der Waals surface area contributed by atoms with Crippen molar-refractivity contribution in [3.63, 3.8) is 0 Å². The van der Waals surface area contributed by atoms with Crippen LogP contribution in [0.3, 0.4) is 0 Å². The number of hydrogen-bond donors (Lipinski definition) is 2. The van der Waals surface area contributed by atoms with Crippen molar-refractivity contribution in [2.45, 2.75) is 69.9 Å². The number of rotatable bonds is 6. The average Bonchev–Trinajstić information content (AvgIpc) is 3.34. The Labute approximate surface area is 206 Å². The van der Waals surface area contributed by atoms with Gasteiger partial charge in [0.05, 0.1) is 24.3 Å². The molecule has 182 valence electrons. The topological polar surface area (TPSA) is 90.0 Å².